The van der Waals surface area contributed by atoms with Crippen LogP contribution in [0.2, 0.25) is 0 Å². The zero-order valence-corrected chi connectivity index (χ0v) is 9.27. The molecule has 0 saturated carbocycles. The molecule has 0 radical (unpaired) electrons. The molecule has 0 atom stereocenters. The lowest BCUT2D eigenvalue weighted by Gasteiger charge is -2.05. The van der Waals surface area contributed by atoms with Gasteiger partial charge in [0.15, 0.2) is 17.5 Å². The minimum Gasteiger partial charge on any atom is -0.352 e. The second-order valence-corrected chi connectivity index (χ2v) is 3.34. The van der Waals surface area contributed by atoms with Crippen LogP contribution in [0.1, 0.15) is 23.7 Å². The molecule has 0 aromatic heterocycles. The van der Waals surface area contributed by atoms with Gasteiger partial charge in [0.05, 0.1) is 5.56 Å². The fourth-order valence-corrected chi connectivity index (χ4v) is 1.23. The lowest BCUT2D eigenvalue weighted by Crippen LogP contribution is -2.25. The summed E-state index contributed by atoms with van der Waals surface area (Å²) in [5, 5.41) is 2.40. The van der Waals surface area contributed by atoms with E-state index in [1.807, 2.05) is 19.1 Å². The van der Waals surface area contributed by atoms with Crippen LogP contribution >= 0.6 is 0 Å². The Morgan fingerprint density at radius 2 is 2.00 bits per heavy atom. The molecule has 0 aliphatic carbocycles. The summed E-state index contributed by atoms with van der Waals surface area (Å²) in [6, 6.07) is 1.64. The molecule has 0 fully saturated rings. The zero-order chi connectivity index (χ0) is 12.8. The Morgan fingerprint density at radius 1 is 1.29 bits per heavy atom. The third kappa shape index (κ3) is 3.34. The maximum Gasteiger partial charge on any atom is 0.254 e. The van der Waals surface area contributed by atoms with E-state index in [0.29, 0.717) is 13.0 Å². The number of hydrogen-bond donors (Lipinski definition) is 1. The summed E-state index contributed by atoms with van der Waals surface area (Å²) in [5.74, 6) is -5.17. The highest BCUT2D eigenvalue weighted by Gasteiger charge is 2.17. The summed E-state index contributed by atoms with van der Waals surface area (Å²) in [7, 11) is 0. The van der Waals surface area contributed by atoms with Gasteiger partial charge in [-0.3, -0.25) is 4.79 Å². The Hall–Kier alpha value is -1.78. The van der Waals surface area contributed by atoms with Crippen LogP contribution < -0.4 is 5.32 Å². The molecular formula is C12H12F3NO. The third-order valence-electron chi connectivity index (χ3n) is 2.11. The van der Waals surface area contributed by atoms with E-state index < -0.39 is 28.9 Å². The van der Waals surface area contributed by atoms with Gasteiger partial charge in [-0.1, -0.05) is 12.2 Å². The van der Waals surface area contributed by atoms with Gasteiger partial charge >= 0.3 is 0 Å². The lowest BCUT2D eigenvalue weighted by molar-refractivity contribution is 0.0949. The van der Waals surface area contributed by atoms with Crippen LogP contribution in [0.3, 0.4) is 0 Å². The molecule has 0 saturated heterocycles. The van der Waals surface area contributed by atoms with Crippen LogP contribution in [0.15, 0.2) is 24.3 Å². The topological polar surface area (TPSA) is 29.1 Å². The highest BCUT2D eigenvalue weighted by Crippen LogP contribution is 2.14. The van der Waals surface area contributed by atoms with Crippen LogP contribution in [0.5, 0.6) is 0 Å². The van der Waals surface area contributed by atoms with Crippen molar-refractivity contribution in [3.05, 3.63) is 47.3 Å². The molecule has 1 aromatic carbocycles. The van der Waals surface area contributed by atoms with E-state index in [1.165, 1.54) is 0 Å². The molecule has 17 heavy (non-hydrogen) atoms. The summed E-state index contributed by atoms with van der Waals surface area (Å²) < 4.78 is 38.7. The standard InChI is InChI=1S/C12H12F3NO/c1-2-3-4-7-16-12(17)8-5-6-9(13)11(15)10(8)14/h2-3,5-6H,4,7H2,1H3,(H,16,17)/b3-2+. The molecule has 0 aliphatic heterocycles. The second-order valence-electron chi connectivity index (χ2n) is 3.34. The van der Waals surface area contributed by atoms with Crippen molar-refractivity contribution in [1.29, 1.82) is 0 Å². The minimum absolute atomic E-state index is 0.307. The number of allylic oxidation sites excluding steroid dienone is 1. The van der Waals surface area contributed by atoms with Gasteiger partial charge in [0.1, 0.15) is 0 Å². The van der Waals surface area contributed by atoms with Crippen molar-refractivity contribution in [2.45, 2.75) is 13.3 Å². The predicted octanol–water partition coefficient (Wildman–Crippen LogP) is 2.80. The molecule has 2 nitrogen and oxygen atoms in total. The molecule has 1 rings (SSSR count). The molecule has 1 aromatic rings. The van der Waals surface area contributed by atoms with Gasteiger partial charge < -0.3 is 5.32 Å². The maximum absolute atomic E-state index is 13.2. The first kappa shape index (κ1) is 13.3. The molecule has 1 N–H and O–H groups in total. The van der Waals surface area contributed by atoms with Crippen molar-refractivity contribution in [2.24, 2.45) is 0 Å². The first-order chi connectivity index (χ1) is 8.07. The number of rotatable bonds is 4. The Labute approximate surface area is 97.1 Å². The summed E-state index contributed by atoms with van der Waals surface area (Å²) in [6.45, 7) is 2.14. The lowest BCUT2D eigenvalue weighted by atomic mass is 10.2. The molecule has 0 bridgehead atoms. The van der Waals surface area contributed by atoms with Crippen LogP contribution in [-0.2, 0) is 0 Å². The van der Waals surface area contributed by atoms with Gasteiger partial charge in [0.25, 0.3) is 5.91 Å². The number of amides is 1. The van der Waals surface area contributed by atoms with E-state index in [9.17, 15) is 18.0 Å². The Kier molecular flexibility index (Phi) is 4.75. The van der Waals surface area contributed by atoms with E-state index >= 15 is 0 Å². The van der Waals surface area contributed by atoms with Crippen molar-refractivity contribution >= 4 is 5.91 Å². The summed E-state index contributed by atoms with van der Waals surface area (Å²) in [5.41, 5.74) is -0.496. The van der Waals surface area contributed by atoms with Crippen molar-refractivity contribution in [1.82, 2.24) is 5.32 Å². The van der Waals surface area contributed by atoms with Crippen LogP contribution in [0, 0.1) is 17.5 Å². The van der Waals surface area contributed by atoms with Gasteiger partial charge in [0.2, 0.25) is 0 Å². The average Bonchev–Trinajstić information content (AvgIpc) is 2.31. The Bertz CT molecular complexity index is 444. The molecule has 0 aliphatic rings. The smallest absolute Gasteiger partial charge is 0.254 e. The zero-order valence-electron chi connectivity index (χ0n) is 9.27. The van der Waals surface area contributed by atoms with Crippen LogP contribution in [0.4, 0.5) is 13.2 Å². The quantitative estimate of drug-likeness (QED) is 0.491. The van der Waals surface area contributed by atoms with E-state index in [2.05, 4.69) is 5.32 Å². The number of carbonyl (C=O) groups excluding carboxylic acids is 1. The third-order valence-corrected chi connectivity index (χ3v) is 2.11. The van der Waals surface area contributed by atoms with Gasteiger partial charge in [-0.25, -0.2) is 13.2 Å². The average molecular weight is 243 g/mol. The molecule has 0 spiro atoms. The molecular weight excluding hydrogens is 231 g/mol. The molecule has 1 amide bonds. The summed E-state index contributed by atoms with van der Waals surface area (Å²) in [6.07, 6.45) is 4.22. The van der Waals surface area contributed by atoms with Gasteiger partial charge in [-0.2, -0.15) is 0 Å². The number of halogens is 3. The predicted molar refractivity (Wildman–Crippen MR) is 58.1 cm³/mol. The first-order valence-electron chi connectivity index (χ1n) is 5.10. The van der Waals surface area contributed by atoms with Gasteiger partial charge in [-0.05, 0) is 25.5 Å². The van der Waals surface area contributed by atoms with E-state index in [4.69, 9.17) is 0 Å². The maximum atomic E-state index is 13.2. The van der Waals surface area contributed by atoms with Crippen LogP contribution in [0.25, 0.3) is 0 Å². The fraction of sp³-hybridized carbons (Fsp3) is 0.250. The number of hydrogen-bond acceptors (Lipinski definition) is 1. The number of nitrogens with one attached hydrogen (secondary N) is 1. The largest absolute Gasteiger partial charge is 0.352 e. The van der Waals surface area contributed by atoms with E-state index in [0.717, 1.165) is 12.1 Å². The normalized spacial score (nSPS) is 10.8. The highest BCUT2D eigenvalue weighted by atomic mass is 19.2. The van der Waals surface area contributed by atoms with Crippen molar-refractivity contribution < 1.29 is 18.0 Å². The highest BCUT2D eigenvalue weighted by molar-refractivity contribution is 5.94. The van der Waals surface area contributed by atoms with Gasteiger partial charge in [-0.15, -0.1) is 0 Å². The minimum atomic E-state index is -1.63. The monoisotopic (exact) mass is 243 g/mol. The second kappa shape index (κ2) is 6.08. The first-order valence-corrected chi connectivity index (χ1v) is 5.10. The van der Waals surface area contributed by atoms with E-state index in [1.54, 1.807) is 0 Å². The van der Waals surface area contributed by atoms with Crippen molar-refractivity contribution in [3.63, 3.8) is 0 Å². The van der Waals surface area contributed by atoms with Gasteiger partial charge in [0, 0.05) is 6.54 Å². The van der Waals surface area contributed by atoms with Crippen LogP contribution in [-0.4, -0.2) is 12.5 Å². The van der Waals surface area contributed by atoms with Crippen molar-refractivity contribution in [3.8, 4) is 0 Å². The van der Waals surface area contributed by atoms with Crippen molar-refractivity contribution in [2.75, 3.05) is 6.54 Å². The fourth-order valence-electron chi connectivity index (χ4n) is 1.23. The Balaban J connectivity index is 2.73. The molecule has 0 unspecified atom stereocenters. The Morgan fingerprint density at radius 3 is 2.65 bits per heavy atom. The molecule has 5 heteroatoms. The number of carbonyl (C=O) groups is 1. The molecule has 0 heterocycles. The SMILES string of the molecule is C/C=C/CCNC(=O)c1ccc(F)c(F)c1F. The number of benzene rings is 1. The summed E-state index contributed by atoms with van der Waals surface area (Å²) >= 11 is 0. The summed E-state index contributed by atoms with van der Waals surface area (Å²) in [4.78, 5) is 11.4. The van der Waals surface area contributed by atoms with E-state index in [-0.39, 0.29) is 0 Å². The molecule has 92 valence electrons.